The zero-order valence-electron chi connectivity index (χ0n) is 12.1. The van der Waals surface area contributed by atoms with Crippen LogP contribution >= 0.6 is 0 Å². The third kappa shape index (κ3) is 3.06. The van der Waals surface area contributed by atoms with Crippen molar-refractivity contribution in [1.29, 1.82) is 0 Å². The van der Waals surface area contributed by atoms with E-state index in [-0.39, 0.29) is 30.5 Å². The second-order valence-electron chi connectivity index (χ2n) is 5.53. The second-order valence-corrected chi connectivity index (χ2v) is 5.53. The molecular weight excluding hydrogens is 308 g/mol. The van der Waals surface area contributed by atoms with Crippen LogP contribution in [-0.4, -0.2) is 10.9 Å². The number of rotatable bonds is 2. The highest BCUT2D eigenvalue weighted by molar-refractivity contribution is 5.85. The Bertz CT molecular complexity index is 784. The quantitative estimate of drug-likeness (QED) is 0.806. The first-order valence-electron chi connectivity index (χ1n) is 7.14. The van der Waals surface area contributed by atoms with Gasteiger partial charge in [-0.15, -0.1) is 0 Å². The van der Waals surface area contributed by atoms with Crippen LogP contribution in [0.3, 0.4) is 0 Å². The van der Waals surface area contributed by atoms with Crippen LogP contribution < -0.4 is 5.73 Å². The smallest absolute Gasteiger partial charge is 0.251 e. The highest BCUT2D eigenvalue weighted by Crippen LogP contribution is 2.39. The summed E-state index contributed by atoms with van der Waals surface area (Å²) in [6.45, 7) is 0. The maximum Gasteiger partial charge on any atom is 0.251 e. The summed E-state index contributed by atoms with van der Waals surface area (Å²) in [5, 5.41) is 0. The number of nitrogens with two attached hydrogens (primary N) is 1. The summed E-state index contributed by atoms with van der Waals surface area (Å²) in [7, 11) is 0. The SMILES string of the molecule is Nc1c(-c2cc(F)ccc2F)ccnc1C1=CCC(F)(F)CC1. The largest absolute Gasteiger partial charge is 0.396 e. The molecule has 1 aliphatic carbocycles. The van der Waals surface area contributed by atoms with Gasteiger partial charge in [0.15, 0.2) is 0 Å². The molecule has 1 aromatic carbocycles. The Hall–Kier alpha value is -2.37. The van der Waals surface area contributed by atoms with Gasteiger partial charge in [-0.25, -0.2) is 17.6 Å². The molecular formula is C17H14F4N2. The molecule has 6 heteroatoms. The first kappa shape index (κ1) is 15.5. The van der Waals surface area contributed by atoms with Crippen LogP contribution in [0, 0.1) is 11.6 Å². The average molecular weight is 322 g/mol. The molecule has 2 N–H and O–H groups in total. The fourth-order valence-corrected chi connectivity index (χ4v) is 2.68. The molecule has 0 spiro atoms. The molecule has 120 valence electrons. The normalized spacial score (nSPS) is 17.0. The van der Waals surface area contributed by atoms with Crippen molar-refractivity contribution in [2.45, 2.75) is 25.2 Å². The van der Waals surface area contributed by atoms with Crippen LogP contribution in [0.15, 0.2) is 36.5 Å². The molecule has 0 atom stereocenters. The van der Waals surface area contributed by atoms with E-state index in [1.54, 1.807) is 0 Å². The van der Waals surface area contributed by atoms with E-state index in [0.29, 0.717) is 16.8 Å². The van der Waals surface area contributed by atoms with Crippen molar-refractivity contribution in [2.75, 3.05) is 5.73 Å². The number of alkyl halides is 2. The summed E-state index contributed by atoms with van der Waals surface area (Å²) in [6, 6.07) is 4.57. The van der Waals surface area contributed by atoms with Gasteiger partial charge in [-0.1, -0.05) is 6.08 Å². The van der Waals surface area contributed by atoms with E-state index in [4.69, 9.17) is 5.73 Å². The lowest BCUT2D eigenvalue weighted by Gasteiger charge is -2.22. The summed E-state index contributed by atoms with van der Waals surface area (Å²) in [6.07, 6.45) is 2.31. The van der Waals surface area contributed by atoms with E-state index in [1.165, 1.54) is 18.3 Å². The predicted octanol–water partition coefficient (Wildman–Crippen LogP) is 4.81. The second kappa shape index (κ2) is 5.68. The predicted molar refractivity (Wildman–Crippen MR) is 80.8 cm³/mol. The van der Waals surface area contributed by atoms with Crippen LogP contribution in [0.5, 0.6) is 0 Å². The molecule has 2 aromatic rings. The van der Waals surface area contributed by atoms with Gasteiger partial charge in [-0.2, -0.15) is 0 Å². The van der Waals surface area contributed by atoms with Crippen molar-refractivity contribution in [3.05, 3.63) is 53.9 Å². The minimum atomic E-state index is -2.72. The Balaban J connectivity index is 2.06. The van der Waals surface area contributed by atoms with E-state index in [0.717, 1.165) is 18.2 Å². The number of aromatic nitrogens is 1. The van der Waals surface area contributed by atoms with Gasteiger partial charge in [-0.3, -0.25) is 4.98 Å². The summed E-state index contributed by atoms with van der Waals surface area (Å²) in [4.78, 5) is 4.13. The first-order chi connectivity index (χ1) is 10.9. The fraction of sp³-hybridized carbons (Fsp3) is 0.235. The Morgan fingerprint density at radius 1 is 1.09 bits per heavy atom. The molecule has 0 radical (unpaired) electrons. The summed E-state index contributed by atoms with van der Waals surface area (Å²) >= 11 is 0. The van der Waals surface area contributed by atoms with Crippen molar-refractivity contribution in [3.63, 3.8) is 0 Å². The highest BCUT2D eigenvalue weighted by Gasteiger charge is 2.32. The number of hydrogen-bond donors (Lipinski definition) is 1. The monoisotopic (exact) mass is 322 g/mol. The summed E-state index contributed by atoms with van der Waals surface area (Å²) in [5.74, 6) is -3.92. The third-order valence-corrected chi connectivity index (χ3v) is 3.92. The van der Waals surface area contributed by atoms with Gasteiger partial charge < -0.3 is 5.73 Å². The van der Waals surface area contributed by atoms with E-state index in [1.807, 2.05) is 0 Å². The van der Waals surface area contributed by atoms with Crippen molar-refractivity contribution < 1.29 is 17.6 Å². The maximum atomic E-state index is 14.0. The molecule has 1 aliphatic rings. The molecule has 0 unspecified atom stereocenters. The van der Waals surface area contributed by atoms with Crippen molar-refractivity contribution >= 4 is 11.3 Å². The lowest BCUT2D eigenvalue weighted by atomic mass is 9.91. The van der Waals surface area contributed by atoms with E-state index < -0.39 is 17.6 Å². The number of hydrogen-bond acceptors (Lipinski definition) is 2. The van der Waals surface area contributed by atoms with Crippen molar-refractivity contribution in [2.24, 2.45) is 0 Å². The molecule has 3 rings (SSSR count). The molecule has 0 aliphatic heterocycles. The molecule has 0 saturated heterocycles. The Morgan fingerprint density at radius 2 is 1.87 bits per heavy atom. The van der Waals surface area contributed by atoms with Crippen LogP contribution in [-0.2, 0) is 0 Å². The van der Waals surface area contributed by atoms with E-state index in [9.17, 15) is 17.6 Å². The minimum absolute atomic E-state index is 0.0212. The van der Waals surface area contributed by atoms with Crippen LogP contribution in [0.1, 0.15) is 25.0 Å². The average Bonchev–Trinajstić information content (AvgIpc) is 2.51. The standard InChI is InChI=1S/C17H14F4N2/c18-11-1-2-14(19)13(9-11)12-5-8-23-16(15(12)22)10-3-6-17(20,21)7-4-10/h1-3,5,8-9H,4,6-7,22H2. The third-order valence-electron chi connectivity index (χ3n) is 3.92. The van der Waals surface area contributed by atoms with Gasteiger partial charge in [0.1, 0.15) is 11.6 Å². The van der Waals surface area contributed by atoms with Gasteiger partial charge in [-0.05, 0) is 36.3 Å². The maximum absolute atomic E-state index is 14.0. The molecule has 1 aromatic heterocycles. The van der Waals surface area contributed by atoms with Gasteiger partial charge in [0, 0.05) is 30.2 Å². The molecule has 23 heavy (non-hydrogen) atoms. The van der Waals surface area contributed by atoms with Crippen molar-refractivity contribution in [3.8, 4) is 11.1 Å². The Morgan fingerprint density at radius 3 is 2.57 bits per heavy atom. The minimum Gasteiger partial charge on any atom is -0.396 e. The molecule has 1 heterocycles. The fourth-order valence-electron chi connectivity index (χ4n) is 2.68. The number of allylic oxidation sites excluding steroid dienone is 2. The molecule has 2 nitrogen and oxygen atoms in total. The van der Waals surface area contributed by atoms with Gasteiger partial charge >= 0.3 is 0 Å². The summed E-state index contributed by atoms with van der Waals surface area (Å²) in [5.41, 5.74) is 7.48. The first-order valence-corrected chi connectivity index (χ1v) is 7.14. The van der Waals surface area contributed by atoms with Crippen LogP contribution in [0.2, 0.25) is 0 Å². The molecule has 0 saturated carbocycles. The summed E-state index contributed by atoms with van der Waals surface area (Å²) < 4.78 is 53.8. The topological polar surface area (TPSA) is 38.9 Å². The lowest BCUT2D eigenvalue weighted by molar-refractivity contribution is -0.00605. The van der Waals surface area contributed by atoms with Gasteiger partial charge in [0.2, 0.25) is 0 Å². The number of halogens is 4. The Kier molecular flexibility index (Phi) is 3.83. The zero-order chi connectivity index (χ0) is 16.6. The lowest BCUT2D eigenvalue weighted by Crippen LogP contribution is -2.18. The number of anilines is 1. The van der Waals surface area contributed by atoms with Gasteiger partial charge in [0.25, 0.3) is 5.92 Å². The molecule has 0 amide bonds. The van der Waals surface area contributed by atoms with Gasteiger partial charge in [0.05, 0.1) is 11.4 Å². The van der Waals surface area contributed by atoms with Crippen LogP contribution in [0.4, 0.5) is 23.2 Å². The number of nitrogens with zero attached hydrogens (tertiary/aromatic N) is 1. The van der Waals surface area contributed by atoms with Crippen LogP contribution in [0.25, 0.3) is 16.7 Å². The number of pyridine rings is 1. The molecule has 0 fully saturated rings. The number of nitrogen functional groups attached to an aromatic ring is 1. The Labute approximate surface area is 130 Å². The van der Waals surface area contributed by atoms with Crippen molar-refractivity contribution in [1.82, 2.24) is 4.98 Å². The van der Waals surface area contributed by atoms with E-state index in [2.05, 4.69) is 4.98 Å². The number of benzene rings is 1. The zero-order valence-corrected chi connectivity index (χ0v) is 12.1. The molecule has 0 bridgehead atoms. The van der Waals surface area contributed by atoms with E-state index >= 15 is 0 Å². The highest BCUT2D eigenvalue weighted by atomic mass is 19.3.